The molecular formula is C21H33ClN2O2. The summed E-state index contributed by atoms with van der Waals surface area (Å²) in [5.74, 6) is 0.176. The van der Waals surface area contributed by atoms with Crippen LogP contribution < -0.4 is 10.6 Å². The van der Waals surface area contributed by atoms with Crippen LogP contribution in [0.25, 0.3) is 0 Å². The molecule has 1 amide bonds. The number of methoxy groups -OCH3 is 1. The summed E-state index contributed by atoms with van der Waals surface area (Å²) in [7, 11) is 1.70. The van der Waals surface area contributed by atoms with Gasteiger partial charge in [-0.05, 0) is 51.3 Å². The third-order valence-corrected chi connectivity index (χ3v) is 6.24. The van der Waals surface area contributed by atoms with E-state index in [1.165, 1.54) is 24.0 Å². The van der Waals surface area contributed by atoms with Crippen molar-refractivity contribution in [3.8, 4) is 0 Å². The Hall–Kier alpha value is -1.10. The van der Waals surface area contributed by atoms with Gasteiger partial charge in [0.2, 0.25) is 5.91 Å². The van der Waals surface area contributed by atoms with Crippen LogP contribution in [0.15, 0.2) is 24.3 Å². The maximum atomic E-state index is 13.1. The van der Waals surface area contributed by atoms with E-state index in [0.717, 1.165) is 45.3 Å². The number of benzene rings is 1. The van der Waals surface area contributed by atoms with E-state index in [4.69, 9.17) is 4.74 Å². The second kappa shape index (κ2) is 9.20. The van der Waals surface area contributed by atoms with Crippen LogP contribution in [-0.2, 0) is 14.9 Å². The number of rotatable bonds is 6. The lowest BCUT2D eigenvalue weighted by Crippen LogP contribution is -2.52. The van der Waals surface area contributed by atoms with Gasteiger partial charge in [-0.25, -0.2) is 0 Å². The second-order valence-corrected chi connectivity index (χ2v) is 8.00. The third-order valence-electron chi connectivity index (χ3n) is 6.24. The standard InChI is InChI=1S/C21H32N2O2.ClH/c1-17-6-5-7-18(14-17)20(8-3-4-9-20)15-23-19(24)21(16-25-2)10-12-22-13-11-21;/h5-7,14,22H,3-4,8-13,15-16H2,1-2H3,(H,23,24);1H. The molecule has 1 aromatic carbocycles. The summed E-state index contributed by atoms with van der Waals surface area (Å²) in [5, 5.41) is 6.69. The van der Waals surface area contributed by atoms with Crippen LogP contribution in [0.4, 0.5) is 0 Å². The highest BCUT2D eigenvalue weighted by molar-refractivity contribution is 5.85. The average molecular weight is 381 g/mol. The lowest BCUT2D eigenvalue weighted by atomic mass is 9.76. The van der Waals surface area contributed by atoms with Crippen molar-refractivity contribution in [2.24, 2.45) is 5.41 Å². The van der Waals surface area contributed by atoms with E-state index in [9.17, 15) is 4.79 Å². The highest BCUT2D eigenvalue weighted by Crippen LogP contribution is 2.41. The van der Waals surface area contributed by atoms with Crippen LogP contribution in [0.2, 0.25) is 0 Å². The monoisotopic (exact) mass is 380 g/mol. The molecule has 0 radical (unpaired) electrons. The molecule has 1 heterocycles. The highest BCUT2D eigenvalue weighted by Gasteiger charge is 2.42. The van der Waals surface area contributed by atoms with E-state index in [-0.39, 0.29) is 29.1 Å². The number of piperidine rings is 1. The van der Waals surface area contributed by atoms with E-state index in [0.29, 0.717) is 6.61 Å². The zero-order valence-corrected chi connectivity index (χ0v) is 16.9. The minimum Gasteiger partial charge on any atom is -0.384 e. The number of aryl methyl sites for hydroxylation is 1. The second-order valence-electron chi connectivity index (χ2n) is 8.00. The fourth-order valence-corrected chi connectivity index (χ4v) is 4.65. The van der Waals surface area contributed by atoms with Crippen molar-refractivity contribution >= 4 is 18.3 Å². The van der Waals surface area contributed by atoms with Gasteiger partial charge in [0.25, 0.3) is 0 Å². The molecule has 4 nitrogen and oxygen atoms in total. The quantitative estimate of drug-likeness (QED) is 0.795. The fourth-order valence-electron chi connectivity index (χ4n) is 4.65. The topological polar surface area (TPSA) is 50.4 Å². The minimum atomic E-state index is -0.369. The molecule has 0 unspecified atom stereocenters. The number of carbonyl (C=O) groups is 1. The smallest absolute Gasteiger partial charge is 0.228 e. The third kappa shape index (κ3) is 4.41. The molecule has 146 valence electrons. The van der Waals surface area contributed by atoms with Crippen LogP contribution in [0.3, 0.4) is 0 Å². The Balaban J connectivity index is 0.00000243. The maximum Gasteiger partial charge on any atom is 0.228 e. The lowest BCUT2D eigenvalue weighted by Gasteiger charge is -2.37. The minimum absolute atomic E-state index is 0. The predicted octanol–water partition coefficient (Wildman–Crippen LogP) is 3.36. The van der Waals surface area contributed by atoms with Gasteiger partial charge >= 0.3 is 0 Å². The molecule has 3 rings (SSSR count). The van der Waals surface area contributed by atoms with Crippen molar-refractivity contribution in [3.63, 3.8) is 0 Å². The average Bonchev–Trinajstić information content (AvgIpc) is 3.11. The predicted molar refractivity (Wildman–Crippen MR) is 108 cm³/mol. The Morgan fingerprint density at radius 3 is 2.50 bits per heavy atom. The molecule has 26 heavy (non-hydrogen) atoms. The first kappa shape index (κ1) is 21.2. The molecular weight excluding hydrogens is 348 g/mol. The van der Waals surface area contributed by atoms with Crippen LogP contribution in [-0.4, -0.2) is 39.3 Å². The van der Waals surface area contributed by atoms with Gasteiger partial charge in [-0.3, -0.25) is 4.79 Å². The summed E-state index contributed by atoms with van der Waals surface area (Å²) in [4.78, 5) is 13.1. The number of ether oxygens (including phenoxy) is 1. The molecule has 1 aliphatic carbocycles. The zero-order chi connectivity index (χ0) is 17.8. The number of amides is 1. The largest absolute Gasteiger partial charge is 0.384 e. The van der Waals surface area contributed by atoms with Crippen LogP contribution >= 0.6 is 12.4 Å². The Kier molecular flexibility index (Phi) is 7.51. The molecule has 1 saturated carbocycles. The Labute approximate surface area is 163 Å². The Morgan fingerprint density at radius 2 is 1.88 bits per heavy atom. The van der Waals surface area contributed by atoms with E-state index < -0.39 is 0 Å². The van der Waals surface area contributed by atoms with Gasteiger partial charge in [-0.15, -0.1) is 12.4 Å². The van der Waals surface area contributed by atoms with E-state index in [2.05, 4.69) is 41.8 Å². The van der Waals surface area contributed by atoms with Crippen molar-refractivity contribution in [2.45, 2.75) is 50.9 Å². The Bertz CT molecular complexity index is 588. The van der Waals surface area contributed by atoms with Crippen molar-refractivity contribution in [1.29, 1.82) is 0 Å². The molecule has 1 aromatic rings. The van der Waals surface area contributed by atoms with Crippen LogP contribution in [0, 0.1) is 12.3 Å². The van der Waals surface area contributed by atoms with Gasteiger partial charge in [-0.2, -0.15) is 0 Å². The molecule has 0 spiro atoms. The maximum absolute atomic E-state index is 13.1. The van der Waals surface area contributed by atoms with Crippen LogP contribution in [0.5, 0.6) is 0 Å². The number of carbonyl (C=O) groups excluding carboxylic acids is 1. The van der Waals surface area contributed by atoms with Gasteiger partial charge in [0.05, 0.1) is 12.0 Å². The van der Waals surface area contributed by atoms with Gasteiger partial charge in [-0.1, -0.05) is 42.7 Å². The Morgan fingerprint density at radius 1 is 1.19 bits per heavy atom. The molecule has 2 aliphatic rings. The van der Waals surface area contributed by atoms with Crippen molar-refractivity contribution in [2.75, 3.05) is 33.4 Å². The summed E-state index contributed by atoms with van der Waals surface area (Å²) >= 11 is 0. The molecule has 5 heteroatoms. The van der Waals surface area contributed by atoms with E-state index >= 15 is 0 Å². The van der Waals surface area contributed by atoms with Crippen molar-refractivity contribution < 1.29 is 9.53 Å². The highest BCUT2D eigenvalue weighted by atomic mass is 35.5. The number of hydrogen-bond acceptors (Lipinski definition) is 3. The number of halogens is 1. The van der Waals surface area contributed by atoms with Crippen molar-refractivity contribution in [3.05, 3.63) is 35.4 Å². The molecule has 2 N–H and O–H groups in total. The molecule has 2 fully saturated rings. The molecule has 1 saturated heterocycles. The molecule has 1 aliphatic heterocycles. The first-order chi connectivity index (χ1) is 12.1. The lowest BCUT2D eigenvalue weighted by molar-refractivity contribution is -0.136. The number of nitrogens with one attached hydrogen (secondary N) is 2. The normalized spacial score (nSPS) is 21.0. The first-order valence-electron chi connectivity index (χ1n) is 9.65. The van der Waals surface area contributed by atoms with E-state index in [1.54, 1.807) is 7.11 Å². The summed E-state index contributed by atoms with van der Waals surface area (Å²) in [6, 6.07) is 8.83. The molecule has 0 bridgehead atoms. The van der Waals surface area contributed by atoms with Gasteiger partial charge in [0, 0.05) is 19.1 Å². The SMILES string of the molecule is COCC1(C(=O)NCC2(c3cccc(C)c3)CCCC2)CCNCC1.Cl. The van der Waals surface area contributed by atoms with Gasteiger partial charge in [0.1, 0.15) is 0 Å². The van der Waals surface area contributed by atoms with Gasteiger partial charge < -0.3 is 15.4 Å². The van der Waals surface area contributed by atoms with Crippen LogP contribution in [0.1, 0.15) is 49.7 Å². The fraction of sp³-hybridized carbons (Fsp3) is 0.667. The first-order valence-corrected chi connectivity index (χ1v) is 9.65. The zero-order valence-electron chi connectivity index (χ0n) is 16.1. The van der Waals surface area contributed by atoms with Gasteiger partial charge in [0.15, 0.2) is 0 Å². The summed E-state index contributed by atoms with van der Waals surface area (Å²) in [6.45, 7) is 5.18. The molecule has 0 atom stereocenters. The van der Waals surface area contributed by atoms with E-state index in [1.807, 2.05) is 0 Å². The summed E-state index contributed by atoms with van der Waals surface area (Å²) in [6.07, 6.45) is 6.52. The molecule has 0 aromatic heterocycles. The summed E-state index contributed by atoms with van der Waals surface area (Å²) < 4.78 is 5.41. The summed E-state index contributed by atoms with van der Waals surface area (Å²) in [5.41, 5.74) is 2.41. The number of hydrogen-bond donors (Lipinski definition) is 2. The van der Waals surface area contributed by atoms with Crippen molar-refractivity contribution in [1.82, 2.24) is 10.6 Å².